The fourth-order valence-corrected chi connectivity index (χ4v) is 6.11. The molecule has 0 aliphatic carbocycles. The molecule has 6 amide bonds. The molecule has 0 aromatic heterocycles. The van der Waals surface area contributed by atoms with E-state index in [4.69, 9.17) is 0 Å². The lowest BCUT2D eigenvalue weighted by atomic mass is 9.97. The average Bonchev–Trinajstić information content (AvgIpc) is 3.03. The number of amides is 6. The Bertz CT molecular complexity index is 1030. The predicted octanol–water partition coefficient (Wildman–Crippen LogP) is 0.695. The van der Waals surface area contributed by atoms with E-state index in [2.05, 4.69) is 24.5 Å². The number of urea groups is 1. The summed E-state index contributed by atoms with van der Waals surface area (Å²) >= 11 is 1.63. The molecule has 10 nitrogen and oxygen atoms in total. The van der Waals surface area contributed by atoms with Crippen molar-refractivity contribution in [3.8, 4) is 0 Å². The molecule has 34 heavy (non-hydrogen) atoms. The van der Waals surface area contributed by atoms with Crippen molar-refractivity contribution in [3.63, 3.8) is 0 Å². The number of nitrogens with zero attached hydrogens (tertiary/aromatic N) is 3. The number of imide groups is 1. The number of hydrogen-bond donors (Lipinski definition) is 2. The van der Waals surface area contributed by atoms with E-state index in [1.165, 1.54) is 4.90 Å². The smallest absolute Gasteiger partial charge is 0.325 e. The van der Waals surface area contributed by atoms with Crippen molar-refractivity contribution < 1.29 is 24.0 Å². The van der Waals surface area contributed by atoms with E-state index in [0.717, 1.165) is 4.90 Å². The number of benzene rings is 1. The number of carbonyl (C=O) groups is 5. The highest BCUT2D eigenvalue weighted by atomic mass is 32.2. The fraction of sp³-hybridized carbons (Fsp3) is 0.522. The Morgan fingerprint density at radius 3 is 2.44 bits per heavy atom. The molecule has 3 heterocycles. The minimum atomic E-state index is -1.14. The molecular weight excluding hydrogens is 458 g/mol. The zero-order valence-electron chi connectivity index (χ0n) is 19.6. The number of nitrogens with one attached hydrogen (secondary N) is 2. The van der Waals surface area contributed by atoms with E-state index in [1.54, 1.807) is 53.9 Å². The Morgan fingerprint density at radius 1 is 1.12 bits per heavy atom. The molecule has 182 valence electrons. The van der Waals surface area contributed by atoms with Crippen LogP contribution in [0, 0.1) is 0 Å². The van der Waals surface area contributed by atoms with Crippen LogP contribution in [-0.4, -0.2) is 86.2 Å². The number of rotatable bonds is 5. The minimum absolute atomic E-state index is 0.0368. The molecule has 3 fully saturated rings. The van der Waals surface area contributed by atoms with Gasteiger partial charge in [0.2, 0.25) is 11.8 Å². The number of hydrogen-bond acceptors (Lipinski definition) is 6. The van der Waals surface area contributed by atoms with Crippen molar-refractivity contribution in [1.82, 2.24) is 25.3 Å². The summed E-state index contributed by atoms with van der Waals surface area (Å²) in [6, 6.07) is 5.96. The van der Waals surface area contributed by atoms with E-state index < -0.39 is 35.8 Å². The van der Waals surface area contributed by atoms with Crippen LogP contribution in [0.4, 0.5) is 4.79 Å². The van der Waals surface area contributed by atoms with Gasteiger partial charge in [-0.1, -0.05) is 30.3 Å². The Kier molecular flexibility index (Phi) is 6.32. The summed E-state index contributed by atoms with van der Waals surface area (Å²) in [6.07, 6.45) is 0. The SMILES string of the molecule is CCN1CCN(C(=O)NC(C(=O)NC2C(=O)N3[C@@H]2SC(C)(C)[C@@H]3C)c2ccccc2)C(=O)C1=O. The number of likely N-dealkylation sites (N-methyl/N-ethyl adjacent to an activating group) is 1. The third-order valence-electron chi connectivity index (χ3n) is 6.82. The number of thioether (sulfide) groups is 1. The maximum atomic E-state index is 13.3. The first-order valence-corrected chi connectivity index (χ1v) is 12.2. The van der Waals surface area contributed by atoms with Crippen LogP contribution in [0.25, 0.3) is 0 Å². The number of carbonyl (C=O) groups excluding carboxylic acids is 5. The monoisotopic (exact) mass is 487 g/mol. The highest BCUT2D eigenvalue weighted by Crippen LogP contribution is 2.50. The maximum absolute atomic E-state index is 13.3. The molecule has 0 spiro atoms. The molecule has 3 aliphatic rings. The van der Waals surface area contributed by atoms with Gasteiger partial charge >= 0.3 is 17.8 Å². The van der Waals surface area contributed by atoms with E-state index in [-0.39, 0.29) is 35.2 Å². The first-order valence-electron chi connectivity index (χ1n) is 11.3. The molecule has 0 radical (unpaired) electrons. The topological polar surface area (TPSA) is 119 Å². The van der Waals surface area contributed by atoms with Gasteiger partial charge in [0, 0.05) is 30.4 Å². The Morgan fingerprint density at radius 2 is 1.79 bits per heavy atom. The van der Waals surface area contributed by atoms with Crippen molar-refractivity contribution >= 4 is 41.4 Å². The summed E-state index contributed by atoms with van der Waals surface area (Å²) in [5.41, 5.74) is 0.496. The van der Waals surface area contributed by atoms with Crippen LogP contribution in [-0.2, 0) is 19.2 Å². The van der Waals surface area contributed by atoms with Crippen LogP contribution in [0.1, 0.15) is 39.3 Å². The van der Waals surface area contributed by atoms with Crippen molar-refractivity contribution in [2.45, 2.75) is 55.9 Å². The first kappa shape index (κ1) is 24.1. The molecular formula is C23H29N5O5S. The molecule has 4 atom stereocenters. The van der Waals surface area contributed by atoms with Crippen LogP contribution in [0.2, 0.25) is 0 Å². The van der Waals surface area contributed by atoms with Gasteiger partial charge in [-0.25, -0.2) is 4.79 Å². The Labute approximate surface area is 202 Å². The van der Waals surface area contributed by atoms with Crippen molar-refractivity contribution in [3.05, 3.63) is 35.9 Å². The van der Waals surface area contributed by atoms with E-state index in [9.17, 15) is 24.0 Å². The molecule has 2 N–H and O–H groups in total. The van der Waals surface area contributed by atoms with Crippen molar-refractivity contribution in [2.24, 2.45) is 0 Å². The molecule has 1 aromatic rings. The van der Waals surface area contributed by atoms with Crippen LogP contribution in [0.5, 0.6) is 0 Å². The Hall–Kier alpha value is -3.08. The van der Waals surface area contributed by atoms with Gasteiger partial charge in [0.1, 0.15) is 17.5 Å². The molecule has 3 saturated heterocycles. The summed E-state index contributed by atoms with van der Waals surface area (Å²) in [6.45, 7) is 8.52. The number of β-lactam (4-membered cyclic amide) rings is 1. The van der Waals surface area contributed by atoms with Gasteiger partial charge < -0.3 is 20.4 Å². The molecule has 11 heteroatoms. The van der Waals surface area contributed by atoms with Crippen molar-refractivity contribution in [1.29, 1.82) is 0 Å². The van der Waals surface area contributed by atoms with Crippen LogP contribution in [0.3, 0.4) is 0 Å². The standard InChI is InChI=1S/C23H29N5O5S/c1-5-26-11-12-27(20(32)19(26)31)22(33)25-15(14-9-7-6-8-10-14)17(29)24-16-18(30)28-13(2)23(3,4)34-21(16)28/h6-10,13,15-16,21H,5,11-12H2,1-4H3,(H,24,29)(H,25,33)/t13-,15?,16?,21+/m0/s1. The number of piperazine rings is 1. The second kappa shape index (κ2) is 8.94. The third-order valence-corrected chi connectivity index (χ3v) is 8.51. The van der Waals surface area contributed by atoms with Crippen LogP contribution in [0.15, 0.2) is 30.3 Å². The largest absolute Gasteiger partial charge is 0.340 e. The van der Waals surface area contributed by atoms with E-state index >= 15 is 0 Å². The van der Waals surface area contributed by atoms with Gasteiger partial charge in [-0.05, 0) is 33.3 Å². The lowest BCUT2D eigenvalue weighted by molar-refractivity contribution is -0.153. The molecule has 1 aromatic carbocycles. The van der Waals surface area contributed by atoms with Gasteiger partial charge in [0.25, 0.3) is 0 Å². The van der Waals surface area contributed by atoms with E-state index in [1.807, 2.05) is 6.92 Å². The van der Waals surface area contributed by atoms with Gasteiger partial charge in [0.05, 0.1) is 0 Å². The summed E-state index contributed by atoms with van der Waals surface area (Å²) in [5.74, 6) is -2.39. The third kappa shape index (κ3) is 4.02. The second-order valence-electron chi connectivity index (χ2n) is 9.15. The Balaban J connectivity index is 1.50. The summed E-state index contributed by atoms with van der Waals surface area (Å²) in [7, 11) is 0. The predicted molar refractivity (Wildman–Crippen MR) is 125 cm³/mol. The highest BCUT2D eigenvalue weighted by Gasteiger charge is 2.60. The second-order valence-corrected chi connectivity index (χ2v) is 10.9. The number of fused-ring (bicyclic) bond motifs is 1. The lowest BCUT2D eigenvalue weighted by Crippen LogP contribution is -2.69. The summed E-state index contributed by atoms with van der Waals surface area (Å²) < 4.78 is -0.139. The van der Waals surface area contributed by atoms with Crippen LogP contribution >= 0.6 is 11.8 Å². The minimum Gasteiger partial charge on any atom is -0.340 e. The average molecular weight is 488 g/mol. The zero-order chi connectivity index (χ0) is 24.8. The molecule has 0 saturated carbocycles. The van der Waals surface area contributed by atoms with Crippen molar-refractivity contribution in [2.75, 3.05) is 19.6 Å². The highest BCUT2D eigenvalue weighted by molar-refractivity contribution is 8.01. The summed E-state index contributed by atoms with van der Waals surface area (Å²) in [5, 5.41) is 5.21. The molecule has 2 unspecified atom stereocenters. The van der Waals surface area contributed by atoms with Gasteiger partial charge in [-0.15, -0.1) is 11.8 Å². The van der Waals surface area contributed by atoms with Gasteiger partial charge in [-0.3, -0.25) is 24.1 Å². The maximum Gasteiger partial charge on any atom is 0.325 e. The first-order chi connectivity index (χ1) is 16.1. The van der Waals surface area contributed by atoms with Gasteiger partial charge in [0.15, 0.2) is 0 Å². The van der Waals surface area contributed by atoms with Crippen LogP contribution < -0.4 is 10.6 Å². The molecule has 0 bridgehead atoms. The quantitative estimate of drug-likeness (QED) is 0.466. The lowest BCUT2D eigenvalue weighted by Gasteiger charge is -2.44. The molecule has 3 aliphatic heterocycles. The fourth-order valence-electron chi connectivity index (χ4n) is 4.45. The normalized spacial score (nSPS) is 26.6. The zero-order valence-corrected chi connectivity index (χ0v) is 20.4. The molecule has 4 rings (SSSR count). The van der Waals surface area contributed by atoms with E-state index in [0.29, 0.717) is 12.1 Å². The summed E-state index contributed by atoms with van der Waals surface area (Å²) in [4.78, 5) is 67.6. The van der Waals surface area contributed by atoms with Gasteiger partial charge in [-0.2, -0.15) is 0 Å².